The zero-order chi connectivity index (χ0) is 12.3. The molecule has 0 radical (unpaired) electrons. The quantitative estimate of drug-likeness (QED) is 0.850. The molecule has 16 heavy (non-hydrogen) atoms. The van der Waals surface area contributed by atoms with Crippen LogP contribution in [0.15, 0.2) is 24.3 Å². The number of para-hydroxylation sites is 1. The lowest BCUT2D eigenvalue weighted by Gasteiger charge is -2.20. The van der Waals surface area contributed by atoms with E-state index in [0.717, 1.165) is 9.87 Å². The molecule has 0 atom stereocenters. The van der Waals surface area contributed by atoms with Gasteiger partial charge in [-0.15, -0.1) is 0 Å². The summed E-state index contributed by atoms with van der Waals surface area (Å²) in [6.07, 6.45) is 0. The van der Waals surface area contributed by atoms with Crippen LogP contribution in [-0.4, -0.2) is 32.3 Å². The van der Waals surface area contributed by atoms with Crippen molar-refractivity contribution in [2.45, 2.75) is 6.92 Å². The lowest BCUT2D eigenvalue weighted by molar-refractivity contribution is -0.134. The summed E-state index contributed by atoms with van der Waals surface area (Å²) in [4.78, 5) is 10.4. The van der Waals surface area contributed by atoms with Crippen molar-refractivity contribution in [3.63, 3.8) is 0 Å². The monoisotopic (exact) mass is 243 g/mol. The van der Waals surface area contributed by atoms with E-state index in [1.54, 1.807) is 31.2 Å². The molecule has 0 saturated heterocycles. The third-order valence-corrected chi connectivity index (χ3v) is 3.82. The molecule has 0 saturated carbocycles. The van der Waals surface area contributed by atoms with Gasteiger partial charge >= 0.3 is 5.97 Å². The highest BCUT2D eigenvalue weighted by Gasteiger charge is 2.22. The van der Waals surface area contributed by atoms with Crippen molar-refractivity contribution in [2.24, 2.45) is 0 Å². The van der Waals surface area contributed by atoms with Crippen molar-refractivity contribution < 1.29 is 18.3 Å². The number of anilines is 1. The maximum atomic E-state index is 11.6. The van der Waals surface area contributed by atoms with Gasteiger partial charge in [0.15, 0.2) is 5.75 Å². The van der Waals surface area contributed by atoms with Gasteiger partial charge in [-0.1, -0.05) is 18.2 Å². The Hall–Kier alpha value is -1.56. The Morgan fingerprint density at radius 2 is 1.94 bits per heavy atom. The third kappa shape index (κ3) is 2.73. The molecule has 0 aliphatic carbocycles. The number of hydrogen-bond acceptors (Lipinski definition) is 3. The first-order chi connectivity index (χ1) is 7.34. The molecule has 0 aliphatic rings. The van der Waals surface area contributed by atoms with Gasteiger partial charge in [0.25, 0.3) is 0 Å². The van der Waals surface area contributed by atoms with Crippen LogP contribution in [0.4, 0.5) is 5.69 Å². The van der Waals surface area contributed by atoms with Crippen molar-refractivity contribution in [2.75, 3.05) is 17.1 Å². The predicted molar refractivity (Wildman–Crippen MR) is 61.0 cm³/mol. The predicted octanol–water partition coefficient (Wildman–Crippen LogP) is 0.846. The highest BCUT2D eigenvalue weighted by atomic mass is 32.2. The van der Waals surface area contributed by atoms with Gasteiger partial charge in [-0.25, -0.2) is 8.42 Å². The van der Waals surface area contributed by atoms with E-state index in [2.05, 4.69) is 0 Å². The first-order valence-electron chi connectivity index (χ1n) is 4.58. The fourth-order valence-corrected chi connectivity index (χ4v) is 2.33. The molecule has 0 aromatic heterocycles. The van der Waals surface area contributed by atoms with E-state index in [4.69, 9.17) is 5.11 Å². The van der Waals surface area contributed by atoms with Crippen LogP contribution in [0.1, 0.15) is 5.56 Å². The van der Waals surface area contributed by atoms with Crippen LogP contribution in [0.25, 0.3) is 0 Å². The highest BCUT2D eigenvalue weighted by molar-refractivity contribution is 7.93. The Labute approximate surface area is 94.4 Å². The number of aryl methyl sites for hydroxylation is 1. The number of carboxylic acids is 1. The Morgan fingerprint density at radius 3 is 2.44 bits per heavy atom. The normalized spacial score (nSPS) is 11.1. The molecule has 0 spiro atoms. The largest absolute Gasteiger partial charge is 0.480 e. The van der Waals surface area contributed by atoms with Gasteiger partial charge in [0.1, 0.15) is 0 Å². The van der Waals surface area contributed by atoms with E-state index in [9.17, 15) is 13.2 Å². The van der Waals surface area contributed by atoms with Crippen LogP contribution in [0.5, 0.6) is 0 Å². The molecule has 5 nitrogen and oxygen atoms in total. The summed E-state index contributed by atoms with van der Waals surface area (Å²) in [5.41, 5.74) is 1.27. The number of rotatable bonds is 4. The summed E-state index contributed by atoms with van der Waals surface area (Å²) in [7, 11) is -2.45. The van der Waals surface area contributed by atoms with Crippen LogP contribution in [0, 0.1) is 6.92 Å². The van der Waals surface area contributed by atoms with Crippen molar-refractivity contribution in [1.29, 1.82) is 0 Å². The van der Waals surface area contributed by atoms with E-state index < -0.39 is 21.7 Å². The van der Waals surface area contributed by atoms with Crippen molar-refractivity contribution >= 4 is 21.7 Å². The lowest BCUT2D eigenvalue weighted by Crippen LogP contribution is -2.32. The molecule has 1 aromatic rings. The van der Waals surface area contributed by atoms with E-state index >= 15 is 0 Å². The summed E-state index contributed by atoms with van der Waals surface area (Å²) in [6, 6.07) is 6.89. The minimum Gasteiger partial charge on any atom is -0.480 e. The second-order valence-corrected chi connectivity index (χ2v) is 5.40. The van der Waals surface area contributed by atoms with Crippen molar-refractivity contribution in [3.05, 3.63) is 29.8 Å². The van der Waals surface area contributed by atoms with Crippen LogP contribution in [0.3, 0.4) is 0 Å². The molecule has 0 fully saturated rings. The lowest BCUT2D eigenvalue weighted by atomic mass is 10.2. The van der Waals surface area contributed by atoms with Crippen LogP contribution >= 0.6 is 0 Å². The van der Waals surface area contributed by atoms with E-state index in [-0.39, 0.29) is 0 Å². The van der Waals surface area contributed by atoms with E-state index in [1.807, 2.05) is 0 Å². The van der Waals surface area contributed by atoms with Crippen LogP contribution in [-0.2, 0) is 14.8 Å². The topological polar surface area (TPSA) is 74.7 Å². The second-order valence-electron chi connectivity index (χ2n) is 3.40. The minimum absolute atomic E-state index is 0.490. The zero-order valence-corrected chi connectivity index (χ0v) is 9.86. The van der Waals surface area contributed by atoms with Crippen molar-refractivity contribution in [1.82, 2.24) is 0 Å². The molecule has 1 rings (SSSR count). The SMILES string of the molecule is Cc1ccccc1N(C)S(=O)(=O)CC(=O)O. The van der Waals surface area contributed by atoms with Gasteiger partial charge in [0, 0.05) is 7.05 Å². The number of sulfonamides is 1. The van der Waals surface area contributed by atoms with E-state index in [1.165, 1.54) is 7.05 Å². The highest BCUT2D eigenvalue weighted by Crippen LogP contribution is 2.20. The number of nitrogens with zero attached hydrogens (tertiary/aromatic N) is 1. The van der Waals surface area contributed by atoms with Gasteiger partial charge in [-0.05, 0) is 18.6 Å². The number of hydrogen-bond donors (Lipinski definition) is 1. The Balaban J connectivity index is 3.07. The zero-order valence-electron chi connectivity index (χ0n) is 9.04. The fraction of sp³-hybridized carbons (Fsp3) is 0.300. The Kier molecular flexibility index (Phi) is 3.54. The number of benzene rings is 1. The maximum Gasteiger partial charge on any atom is 0.320 e. The minimum atomic E-state index is -3.80. The maximum absolute atomic E-state index is 11.6. The van der Waals surface area contributed by atoms with Gasteiger partial charge in [-0.2, -0.15) is 0 Å². The molecule has 1 N–H and O–H groups in total. The molecule has 0 unspecified atom stereocenters. The molecular weight excluding hydrogens is 230 g/mol. The molecule has 0 aliphatic heterocycles. The molecule has 0 amide bonds. The van der Waals surface area contributed by atoms with Crippen LogP contribution in [0.2, 0.25) is 0 Å². The van der Waals surface area contributed by atoms with Crippen LogP contribution < -0.4 is 4.31 Å². The number of carbonyl (C=O) groups is 1. The van der Waals surface area contributed by atoms with Gasteiger partial charge in [0.2, 0.25) is 10.0 Å². The first-order valence-corrected chi connectivity index (χ1v) is 6.19. The summed E-state index contributed by atoms with van der Waals surface area (Å²) in [5, 5.41) is 8.51. The third-order valence-electron chi connectivity index (χ3n) is 2.18. The average molecular weight is 243 g/mol. The second kappa shape index (κ2) is 4.52. The average Bonchev–Trinajstić information content (AvgIpc) is 2.15. The number of carboxylic acid groups (broad SMARTS) is 1. The molecule has 1 aromatic carbocycles. The Morgan fingerprint density at radius 1 is 1.38 bits per heavy atom. The van der Waals surface area contributed by atoms with Crippen molar-refractivity contribution in [3.8, 4) is 0 Å². The molecule has 0 heterocycles. The summed E-state index contributed by atoms with van der Waals surface area (Å²) < 4.78 is 24.3. The smallest absolute Gasteiger partial charge is 0.320 e. The van der Waals surface area contributed by atoms with Gasteiger partial charge < -0.3 is 5.11 Å². The van der Waals surface area contributed by atoms with Gasteiger partial charge in [-0.3, -0.25) is 9.10 Å². The first kappa shape index (κ1) is 12.5. The molecular formula is C10H13NO4S. The standard InChI is InChI=1S/C10H13NO4S/c1-8-5-3-4-6-9(8)11(2)16(14,15)7-10(12)13/h3-6H,7H2,1-2H3,(H,12,13). The number of aliphatic carboxylic acids is 1. The molecule has 0 bridgehead atoms. The summed E-state index contributed by atoms with van der Waals surface area (Å²) in [5.74, 6) is -2.27. The van der Waals surface area contributed by atoms with E-state index in [0.29, 0.717) is 5.69 Å². The summed E-state index contributed by atoms with van der Waals surface area (Å²) >= 11 is 0. The Bertz CT molecular complexity index is 495. The summed E-state index contributed by atoms with van der Waals surface area (Å²) in [6.45, 7) is 1.77. The molecule has 6 heteroatoms. The molecule has 88 valence electrons. The van der Waals surface area contributed by atoms with Gasteiger partial charge in [0.05, 0.1) is 5.69 Å². The fourth-order valence-electron chi connectivity index (χ4n) is 1.32.